The Morgan fingerprint density at radius 2 is 1.79 bits per heavy atom. The van der Waals surface area contributed by atoms with Crippen molar-refractivity contribution in [3.8, 4) is 0 Å². The van der Waals surface area contributed by atoms with Gasteiger partial charge in [0.1, 0.15) is 5.82 Å². The van der Waals surface area contributed by atoms with Gasteiger partial charge in [-0.1, -0.05) is 50.3 Å². The molecule has 2 rings (SSSR count). The minimum atomic E-state index is -3.02. The van der Waals surface area contributed by atoms with Gasteiger partial charge in [0.2, 0.25) is 0 Å². The first-order valence-electron chi connectivity index (χ1n) is 10.9. The molecule has 1 aromatic rings. The molecule has 0 aromatic heterocycles. The molecule has 0 spiro atoms. The van der Waals surface area contributed by atoms with E-state index in [1.807, 2.05) is 20.8 Å². The maximum atomic E-state index is 13.8. The van der Waals surface area contributed by atoms with Gasteiger partial charge in [0.05, 0.1) is 10.5 Å². The molecule has 29 heavy (non-hydrogen) atoms. The van der Waals surface area contributed by atoms with E-state index < -0.39 is 14.6 Å². The topological polar surface area (TPSA) is 34.1 Å². The van der Waals surface area contributed by atoms with E-state index in [4.69, 9.17) is 11.6 Å². The number of hydrogen-bond acceptors (Lipinski definition) is 3. The predicted octanol–water partition coefficient (Wildman–Crippen LogP) is 7.29. The van der Waals surface area contributed by atoms with Gasteiger partial charge >= 0.3 is 0 Å². The molecule has 0 aliphatic heterocycles. The van der Waals surface area contributed by atoms with Crippen LogP contribution in [0.4, 0.5) is 4.39 Å². The van der Waals surface area contributed by atoms with Crippen molar-refractivity contribution in [1.82, 2.24) is 0 Å². The highest BCUT2D eigenvalue weighted by Gasteiger charge is 2.35. The van der Waals surface area contributed by atoms with Crippen molar-refractivity contribution in [2.24, 2.45) is 11.8 Å². The summed E-state index contributed by atoms with van der Waals surface area (Å²) in [6.07, 6.45) is 8.68. The number of thioether (sulfide) groups is 1. The second kappa shape index (κ2) is 11.4. The van der Waals surface area contributed by atoms with Gasteiger partial charge < -0.3 is 0 Å². The molecular weight excluding hydrogens is 427 g/mol. The van der Waals surface area contributed by atoms with E-state index in [0.717, 1.165) is 49.3 Å². The number of rotatable bonds is 11. The molecule has 0 heterocycles. The van der Waals surface area contributed by atoms with Crippen LogP contribution in [0.2, 0.25) is 5.02 Å². The van der Waals surface area contributed by atoms with Crippen molar-refractivity contribution in [1.29, 1.82) is 0 Å². The first-order chi connectivity index (χ1) is 13.6. The van der Waals surface area contributed by atoms with E-state index in [9.17, 15) is 12.8 Å². The lowest BCUT2D eigenvalue weighted by Gasteiger charge is -2.31. The summed E-state index contributed by atoms with van der Waals surface area (Å²) < 4.78 is 38.4. The van der Waals surface area contributed by atoms with Gasteiger partial charge in [0.15, 0.2) is 9.84 Å². The molecule has 0 unspecified atom stereocenters. The molecule has 1 aliphatic rings. The van der Waals surface area contributed by atoms with Crippen molar-refractivity contribution in [2.75, 3.05) is 11.5 Å². The van der Waals surface area contributed by atoms with E-state index in [0.29, 0.717) is 28.9 Å². The van der Waals surface area contributed by atoms with E-state index in [-0.39, 0.29) is 5.82 Å². The minimum Gasteiger partial charge on any atom is -0.228 e. The molecular formula is C23H36ClFO2S2. The van der Waals surface area contributed by atoms with E-state index >= 15 is 0 Å². The zero-order valence-corrected chi connectivity index (χ0v) is 20.4. The summed E-state index contributed by atoms with van der Waals surface area (Å²) in [5.41, 5.74) is 0.721. The molecule has 1 fully saturated rings. The van der Waals surface area contributed by atoms with Crippen LogP contribution >= 0.6 is 23.4 Å². The lowest BCUT2D eigenvalue weighted by Crippen LogP contribution is -2.36. The van der Waals surface area contributed by atoms with Crippen LogP contribution in [-0.4, -0.2) is 24.7 Å². The molecule has 6 heteroatoms. The van der Waals surface area contributed by atoms with Crippen LogP contribution in [-0.2, 0) is 15.6 Å². The highest BCUT2D eigenvalue weighted by Crippen LogP contribution is 2.35. The quantitative estimate of drug-likeness (QED) is 0.323. The molecule has 2 nitrogen and oxygen atoms in total. The summed E-state index contributed by atoms with van der Waals surface area (Å²) in [4.78, 5) is 0. The van der Waals surface area contributed by atoms with Gasteiger partial charge in [0, 0.05) is 10.8 Å². The summed E-state index contributed by atoms with van der Waals surface area (Å²) in [6, 6.07) is 4.89. The fourth-order valence-electron chi connectivity index (χ4n) is 3.90. The molecule has 0 atom stereocenters. The number of unbranched alkanes of at least 4 members (excludes halogenated alkanes) is 1. The summed E-state index contributed by atoms with van der Waals surface area (Å²) >= 11 is 7.56. The zero-order valence-electron chi connectivity index (χ0n) is 18.1. The van der Waals surface area contributed by atoms with Crippen LogP contribution in [0.15, 0.2) is 18.2 Å². The minimum absolute atomic E-state index is 0.217. The Labute approximate surface area is 186 Å². The van der Waals surface area contributed by atoms with Crippen LogP contribution in [0.3, 0.4) is 0 Å². The maximum Gasteiger partial charge on any atom is 0.155 e. The highest BCUT2D eigenvalue weighted by molar-refractivity contribution is 7.98. The highest BCUT2D eigenvalue weighted by atomic mass is 35.5. The molecule has 0 bridgehead atoms. The third-order valence-electron chi connectivity index (χ3n) is 6.54. The van der Waals surface area contributed by atoms with Crippen LogP contribution in [0, 0.1) is 17.7 Å². The standard InChI is InChI=1S/C23H36ClFO2S2/c1-4-23(2,3)29(26,27)17-19-10-8-18(9-11-19)7-5-6-14-28-16-20-12-13-21(24)15-22(20)25/h12-13,15,18-19H,4-11,14,16-17H2,1-3H3. The van der Waals surface area contributed by atoms with Gasteiger partial charge in [-0.3, -0.25) is 0 Å². The average Bonchev–Trinajstić information content (AvgIpc) is 2.66. The van der Waals surface area contributed by atoms with Crippen molar-refractivity contribution in [2.45, 2.75) is 82.6 Å². The summed E-state index contributed by atoms with van der Waals surface area (Å²) in [7, 11) is -3.02. The molecule has 0 saturated heterocycles. The third-order valence-corrected chi connectivity index (χ3v) is 10.7. The summed E-state index contributed by atoms with van der Waals surface area (Å²) in [5, 5.41) is 0.442. The number of sulfone groups is 1. The fourth-order valence-corrected chi connectivity index (χ4v) is 6.91. The van der Waals surface area contributed by atoms with Gasteiger partial charge in [0.25, 0.3) is 0 Å². The fraction of sp³-hybridized carbons (Fsp3) is 0.739. The normalized spacial score (nSPS) is 20.7. The van der Waals surface area contributed by atoms with Gasteiger partial charge in [-0.2, -0.15) is 11.8 Å². The Kier molecular flexibility index (Phi) is 9.82. The van der Waals surface area contributed by atoms with E-state index in [1.165, 1.54) is 18.9 Å². The Morgan fingerprint density at radius 1 is 1.14 bits per heavy atom. The van der Waals surface area contributed by atoms with Crippen LogP contribution in [0.25, 0.3) is 0 Å². The number of benzene rings is 1. The Bertz CT molecular complexity index is 741. The van der Waals surface area contributed by atoms with Gasteiger partial charge in [-0.25, -0.2) is 12.8 Å². The lowest BCUT2D eigenvalue weighted by molar-refractivity contribution is 0.273. The maximum absolute atomic E-state index is 13.8. The van der Waals surface area contributed by atoms with Crippen molar-refractivity contribution in [3.05, 3.63) is 34.6 Å². The SMILES string of the molecule is CCC(C)(C)S(=O)(=O)CC1CCC(CCCCSCc2ccc(Cl)cc2F)CC1. The predicted molar refractivity (Wildman–Crippen MR) is 125 cm³/mol. The van der Waals surface area contributed by atoms with Gasteiger partial charge in [-0.15, -0.1) is 0 Å². The van der Waals surface area contributed by atoms with Crippen molar-refractivity contribution >= 4 is 33.2 Å². The van der Waals surface area contributed by atoms with Crippen LogP contribution in [0.1, 0.15) is 77.7 Å². The van der Waals surface area contributed by atoms with Crippen molar-refractivity contribution in [3.63, 3.8) is 0 Å². The molecule has 1 aliphatic carbocycles. The summed E-state index contributed by atoms with van der Waals surface area (Å²) in [5.74, 6) is 2.96. The number of hydrogen-bond donors (Lipinski definition) is 0. The Balaban J connectivity index is 1.59. The number of halogens is 2. The molecule has 166 valence electrons. The first kappa shape index (κ1) is 25.0. The second-order valence-electron chi connectivity index (χ2n) is 9.07. The second-order valence-corrected chi connectivity index (χ2v) is 13.3. The third kappa shape index (κ3) is 7.74. The zero-order chi connectivity index (χ0) is 21.5. The summed E-state index contributed by atoms with van der Waals surface area (Å²) in [6.45, 7) is 5.67. The molecule has 0 N–H and O–H groups in total. The molecule has 0 radical (unpaired) electrons. The molecule has 1 aromatic carbocycles. The molecule has 1 saturated carbocycles. The van der Waals surface area contributed by atoms with E-state index in [1.54, 1.807) is 23.9 Å². The van der Waals surface area contributed by atoms with Gasteiger partial charge in [-0.05, 0) is 74.8 Å². The van der Waals surface area contributed by atoms with Crippen LogP contribution < -0.4 is 0 Å². The largest absolute Gasteiger partial charge is 0.228 e. The molecule has 0 amide bonds. The van der Waals surface area contributed by atoms with Crippen LogP contribution in [0.5, 0.6) is 0 Å². The van der Waals surface area contributed by atoms with E-state index in [2.05, 4.69) is 0 Å². The Morgan fingerprint density at radius 3 is 2.41 bits per heavy atom. The Hall–Kier alpha value is -0.260. The average molecular weight is 463 g/mol. The smallest absolute Gasteiger partial charge is 0.155 e. The lowest BCUT2D eigenvalue weighted by atomic mass is 9.80. The monoisotopic (exact) mass is 462 g/mol. The first-order valence-corrected chi connectivity index (χ1v) is 14.1. The van der Waals surface area contributed by atoms with Crippen molar-refractivity contribution < 1.29 is 12.8 Å².